The summed E-state index contributed by atoms with van der Waals surface area (Å²) in [5, 5.41) is 3.81. The molecule has 1 amide bonds. The van der Waals surface area contributed by atoms with Crippen LogP contribution < -0.4 is 5.32 Å². The third-order valence-corrected chi connectivity index (χ3v) is 5.92. The Balaban J connectivity index is 1.48. The van der Waals surface area contributed by atoms with Gasteiger partial charge in [0.15, 0.2) is 5.16 Å². The Hall–Kier alpha value is -2.57. The number of thioether (sulfide) groups is 1. The van der Waals surface area contributed by atoms with Crippen LogP contribution in [0.3, 0.4) is 0 Å². The van der Waals surface area contributed by atoms with Crippen LogP contribution in [0, 0.1) is 6.92 Å². The lowest BCUT2D eigenvalue weighted by Gasteiger charge is -2.16. The molecule has 150 valence electrons. The second kappa shape index (κ2) is 9.29. The molecule has 0 aliphatic carbocycles. The molecule has 1 aliphatic rings. The van der Waals surface area contributed by atoms with E-state index in [0.29, 0.717) is 5.75 Å². The Morgan fingerprint density at radius 3 is 2.86 bits per heavy atom. The van der Waals surface area contributed by atoms with Gasteiger partial charge in [-0.05, 0) is 43.0 Å². The van der Waals surface area contributed by atoms with E-state index in [4.69, 9.17) is 4.74 Å². The number of nitrogens with zero attached hydrogens (tertiary/aromatic N) is 2. The van der Waals surface area contributed by atoms with Crippen molar-refractivity contribution in [3.05, 3.63) is 66.4 Å². The number of hydrogen-bond acceptors (Lipinski definition) is 4. The zero-order valence-corrected chi connectivity index (χ0v) is 17.3. The summed E-state index contributed by atoms with van der Waals surface area (Å²) in [6.45, 7) is 3.59. The van der Waals surface area contributed by atoms with Crippen LogP contribution in [0.25, 0.3) is 11.3 Å². The van der Waals surface area contributed by atoms with Crippen molar-refractivity contribution in [3.63, 3.8) is 0 Å². The minimum Gasteiger partial charge on any atom is -0.376 e. The number of anilines is 1. The van der Waals surface area contributed by atoms with Crippen molar-refractivity contribution in [3.8, 4) is 11.3 Å². The molecule has 6 heteroatoms. The van der Waals surface area contributed by atoms with E-state index in [1.54, 1.807) is 0 Å². The van der Waals surface area contributed by atoms with E-state index >= 15 is 0 Å². The SMILES string of the molecule is Cc1cccc(NC(=O)CSc2ncc(-c3ccccc3)n2C[C@@H]2CCCO2)c1. The second-order valence-electron chi connectivity index (χ2n) is 7.24. The van der Waals surface area contributed by atoms with Gasteiger partial charge in [0, 0.05) is 12.3 Å². The molecule has 1 saturated heterocycles. The minimum atomic E-state index is -0.0338. The van der Waals surface area contributed by atoms with Crippen molar-refractivity contribution in [2.45, 2.75) is 37.6 Å². The van der Waals surface area contributed by atoms with Crippen LogP contribution in [-0.4, -0.2) is 33.9 Å². The average molecular weight is 408 g/mol. The molecule has 2 heterocycles. The number of hydrogen-bond donors (Lipinski definition) is 1. The van der Waals surface area contributed by atoms with Crippen LogP contribution in [0.1, 0.15) is 18.4 Å². The molecule has 1 fully saturated rings. The molecule has 0 bridgehead atoms. The predicted molar refractivity (Wildman–Crippen MR) is 117 cm³/mol. The smallest absolute Gasteiger partial charge is 0.234 e. The number of aryl methyl sites for hydroxylation is 1. The zero-order chi connectivity index (χ0) is 20.1. The number of amides is 1. The first-order valence-corrected chi connectivity index (χ1v) is 10.9. The lowest BCUT2D eigenvalue weighted by molar-refractivity contribution is -0.113. The van der Waals surface area contributed by atoms with Gasteiger partial charge in [-0.15, -0.1) is 0 Å². The van der Waals surface area contributed by atoms with E-state index in [9.17, 15) is 4.79 Å². The highest BCUT2D eigenvalue weighted by molar-refractivity contribution is 7.99. The van der Waals surface area contributed by atoms with Gasteiger partial charge >= 0.3 is 0 Å². The number of carbonyl (C=O) groups is 1. The summed E-state index contributed by atoms with van der Waals surface area (Å²) in [5.74, 6) is 0.276. The van der Waals surface area contributed by atoms with E-state index in [-0.39, 0.29) is 12.0 Å². The summed E-state index contributed by atoms with van der Waals surface area (Å²) in [6, 6.07) is 18.1. The van der Waals surface area contributed by atoms with Crippen LogP contribution in [0.15, 0.2) is 66.0 Å². The molecule has 1 N–H and O–H groups in total. The first-order chi connectivity index (χ1) is 14.2. The second-order valence-corrected chi connectivity index (χ2v) is 8.19. The van der Waals surface area contributed by atoms with E-state index in [0.717, 1.165) is 53.7 Å². The third kappa shape index (κ3) is 5.08. The first-order valence-electron chi connectivity index (χ1n) is 9.91. The fourth-order valence-corrected chi connectivity index (χ4v) is 4.32. The molecular formula is C23H25N3O2S. The largest absolute Gasteiger partial charge is 0.376 e. The lowest BCUT2D eigenvalue weighted by atomic mass is 10.1. The molecule has 1 aliphatic heterocycles. The van der Waals surface area contributed by atoms with Crippen molar-refractivity contribution >= 4 is 23.4 Å². The van der Waals surface area contributed by atoms with Gasteiger partial charge in [0.1, 0.15) is 0 Å². The molecule has 2 aromatic carbocycles. The highest BCUT2D eigenvalue weighted by atomic mass is 32.2. The Morgan fingerprint density at radius 2 is 2.10 bits per heavy atom. The van der Waals surface area contributed by atoms with Gasteiger partial charge in [0.05, 0.1) is 30.3 Å². The molecule has 0 unspecified atom stereocenters. The van der Waals surface area contributed by atoms with Gasteiger partial charge in [-0.1, -0.05) is 54.2 Å². The topological polar surface area (TPSA) is 56.2 Å². The fraction of sp³-hybridized carbons (Fsp3) is 0.304. The van der Waals surface area contributed by atoms with Crippen LogP contribution in [-0.2, 0) is 16.1 Å². The van der Waals surface area contributed by atoms with Crippen molar-refractivity contribution in [1.82, 2.24) is 9.55 Å². The highest BCUT2D eigenvalue weighted by Crippen LogP contribution is 2.28. The quantitative estimate of drug-likeness (QED) is 0.573. The molecule has 29 heavy (non-hydrogen) atoms. The number of imidazole rings is 1. The number of ether oxygens (including phenoxy) is 1. The number of rotatable bonds is 7. The van der Waals surface area contributed by atoms with Crippen molar-refractivity contribution < 1.29 is 9.53 Å². The van der Waals surface area contributed by atoms with Crippen LogP contribution >= 0.6 is 11.8 Å². The normalized spacial score (nSPS) is 16.1. The Bertz CT molecular complexity index is 965. The van der Waals surface area contributed by atoms with Crippen molar-refractivity contribution in [2.75, 3.05) is 17.7 Å². The molecule has 3 aromatic rings. The van der Waals surface area contributed by atoms with Gasteiger partial charge in [0.2, 0.25) is 5.91 Å². The van der Waals surface area contributed by atoms with E-state index < -0.39 is 0 Å². The lowest BCUT2D eigenvalue weighted by Crippen LogP contribution is -2.18. The minimum absolute atomic E-state index is 0.0338. The first kappa shape index (κ1) is 19.7. The fourth-order valence-electron chi connectivity index (χ4n) is 3.53. The monoisotopic (exact) mass is 407 g/mol. The van der Waals surface area contributed by atoms with Gasteiger partial charge in [-0.2, -0.15) is 0 Å². The average Bonchev–Trinajstić information content (AvgIpc) is 3.38. The number of benzene rings is 2. The Kier molecular flexibility index (Phi) is 6.32. The molecule has 4 rings (SSSR count). The Labute approximate surface area is 175 Å². The van der Waals surface area contributed by atoms with Crippen molar-refractivity contribution in [1.29, 1.82) is 0 Å². The number of aromatic nitrogens is 2. The number of carbonyl (C=O) groups excluding carboxylic acids is 1. The van der Waals surface area contributed by atoms with E-state index in [1.807, 2.05) is 55.6 Å². The maximum atomic E-state index is 12.4. The van der Waals surface area contributed by atoms with Crippen molar-refractivity contribution in [2.24, 2.45) is 0 Å². The standard InChI is InChI=1S/C23H25N3O2S/c1-17-7-5-10-19(13-17)25-22(27)16-29-23-24-14-21(18-8-3-2-4-9-18)26(23)15-20-11-6-12-28-20/h2-5,7-10,13-14,20H,6,11-12,15-16H2,1H3,(H,25,27)/t20-/m0/s1. The molecule has 5 nitrogen and oxygen atoms in total. The predicted octanol–water partition coefficient (Wildman–Crippen LogP) is 4.77. The Morgan fingerprint density at radius 1 is 1.24 bits per heavy atom. The third-order valence-electron chi connectivity index (χ3n) is 4.93. The summed E-state index contributed by atoms with van der Waals surface area (Å²) in [6.07, 6.45) is 4.25. The molecule has 1 atom stereocenters. The summed E-state index contributed by atoms with van der Waals surface area (Å²) < 4.78 is 8.04. The number of nitrogens with one attached hydrogen (secondary N) is 1. The summed E-state index contributed by atoms with van der Waals surface area (Å²) >= 11 is 1.46. The van der Waals surface area contributed by atoms with E-state index in [2.05, 4.69) is 27.0 Å². The van der Waals surface area contributed by atoms with Gasteiger partial charge in [0.25, 0.3) is 0 Å². The van der Waals surface area contributed by atoms with Crippen LogP contribution in [0.4, 0.5) is 5.69 Å². The molecule has 0 saturated carbocycles. The molecule has 1 aromatic heterocycles. The van der Waals surface area contributed by atoms with Gasteiger partial charge in [-0.3, -0.25) is 4.79 Å². The van der Waals surface area contributed by atoms with Crippen LogP contribution in [0.5, 0.6) is 0 Å². The maximum absolute atomic E-state index is 12.4. The van der Waals surface area contributed by atoms with Gasteiger partial charge in [-0.25, -0.2) is 4.98 Å². The van der Waals surface area contributed by atoms with Crippen LogP contribution in [0.2, 0.25) is 0 Å². The summed E-state index contributed by atoms with van der Waals surface area (Å²) in [4.78, 5) is 17.1. The molecular weight excluding hydrogens is 382 g/mol. The summed E-state index contributed by atoms with van der Waals surface area (Å²) in [7, 11) is 0. The zero-order valence-electron chi connectivity index (χ0n) is 16.5. The highest BCUT2D eigenvalue weighted by Gasteiger charge is 2.21. The maximum Gasteiger partial charge on any atom is 0.234 e. The van der Waals surface area contributed by atoms with Gasteiger partial charge < -0.3 is 14.6 Å². The van der Waals surface area contributed by atoms with E-state index in [1.165, 1.54) is 11.8 Å². The summed E-state index contributed by atoms with van der Waals surface area (Å²) in [5.41, 5.74) is 4.12. The molecule has 0 radical (unpaired) electrons. The molecule has 0 spiro atoms.